The molecule has 0 radical (unpaired) electrons. The van der Waals surface area contributed by atoms with E-state index in [1.807, 2.05) is 31.2 Å². The van der Waals surface area contributed by atoms with Crippen LogP contribution in [-0.4, -0.2) is 19.0 Å². The summed E-state index contributed by atoms with van der Waals surface area (Å²) in [5.74, 6) is 0.104. The highest BCUT2D eigenvalue weighted by atomic mass is 79.9. The third-order valence-corrected chi connectivity index (χ3v) is 3.78. The zero-order chi connectivity index (χ0) is 12.3. The third-order valence-electron chi connectivity index (χ3n) is 3.25. The van der Waals surface area contributed by atoms with E-state index in [-0.39, 0.29) is 11.3 Å². The van der Waals surface area contributed by atoms with Crippen molar-refractivity contribution in [1.82, 2.24) is 5.32 Å². The molecule has 0 saturated carbocycles. The Morgan fingerprint density at radius 1 is 1.41 bits per heavy atom. The van der Waals surface area contributed by atoms with Crippen LogP contribution in [0.3, 0.4) is 0 Å². The Hall–Kier alpha value is -0.870. The lowest BCUT2D eigenvalue weighted by atomic mass is 9.82. The van der Waals surface area contributed by atoms with Gasteiger partial charge in [0.25, 0.3) is 0 Å². The van der Waals surface area contributed by atoms with E-state index >= 15 is 0 Å². The first-order chi connectivity index (χ1) is 8.10. The number of carbonyl (C=O) groups is 1. The van der Waals surface area contributed by atoms with E-state index in [9.17, 15) is 4.79 Å². The van der Waals surface area contributed by atoms with Gasteiger partial charge < -0.3 is 10.6 Å². The monoisotopic (exact) mass is 296 g/mol. The first-order valence-electron chi connectivity index (χ1n) is 5.88. The molecule has 4 heteroatoms. The summed E-state index contributed by atoms with van der Waals surface area (Å²) >= 11 is 3.38. The summed E-state index contributed by atoms with van der Waals surface area (Å²) in [6.45, 7) is 3.80. The number of nitrogens with one attached hydrogen (secondary N) is 2. The second-order valence-corrected chi connectivity index (χ2v) is 5.72. The Bertz CT molecular complexity index is 396. The topological polar surface area (TPSA) is 41.1 Å². The zero-order valence-electron chi connectivity index (χ0n) is 9.92. The maximum absolute atomic E-state index is 12.2. The molecular formula is C13H17BrN2O. The number of carbonyl (C=O) groups excluding carboxylic acids is 1. The number of anilines is 1. The van der Waals surface area contributed by atoms with E-state index in [0.29, 0.717) is 0 Å². The molecule has 17 heavy (non-hydrogen) atoms. The van der Waals surface area contributed by atoms with Crippen molar-refractivity contribution >= 4 is 27.5 Å². The van der Waals surface area contributed by atoms with E-state index in [2.05, 4.69) is 26.6 Å². The van der Waals surface area contributed by atoms with Crippen LogP contribution >= 0.6 is 15.9 Å². The largest absolute Gasteiger partial charge is 0.326 e. The van der Waals surface area contributed by atoms with Crippen LogP contribution in [0.15, 0.2) is 28.7 Å². The van der Waals surface area contributed by atoms with Crippen LogP contribution in [-0.2, 0) is 4.79 Å². The highest BCUT2D eigenvalue weighted by Gasteiger charge is 2.34. The number of rotatable bonds is 2. The van der Waals surface area contributed by atoms with Gasteiger partial charge in [-0.05, 0) is 50.6 Å². The van der Waals surface area contributed by atoms with Crippen molar-refractivity contribution in [2.24, 2.45) is 5.41 Å². The van der Waals surface area contributed by atoms with Crippen LogP contribution in [0.1, 0.15) is 19.8 Å². The number of piperidine rings is 1. The molecule has 2 rings (SSSR count). The van der Waals surface area contributed by atoms with Crippen molar-refractivity contribution in [3.05, 3.63) is 28.7 Å². The van der Waals surface area contributed by atoms with Gasteiger partial charge in [0.05, 0.1) is 5.41 Å². The van der Waals surface area contributed by atoms with Gasteiger partial charge in [-0.15, -0.1) is 0 Å². The molecule has 92 valence electrons. The molecule has 1 aromatic rings. The Balaban J connectivity index is 2.03. The van der Waals surface area contributed by atoms with Crippen LogP contribution in [0.4, 0.5) is 5.69 Å². The van der Waals surface area contributed by atoms with Gasteiger partial charge in [-0.3, -0.25) is 4.79 Å². The summed E-state index contributed by atoms with van der Waals surface area (Å²) in [5.41, 5.74) is 0.565. The predicted molar refractivity (Wildman–Crippen MR) is 73.0 cm³/mol. The molecule has 0 aromatic heterocycles. The van der Waals surface area contributed by atoms with Crippen molar-refractivity contribution in [2.45, 2.75) is 19.8 Å². The van der Waals surface area contributed by atoms with Crippen molar-refractivity contribution in [3.63, 3.8) is 0 Å². The smallest absolute Gasteiger partial charge is 0.231 e. The molecule has 0 aliphatic carbocycles. The number of benzene rings is 1. The second-order valence-electron chi connectivity index (χ2n) is 4.80. The van der Waals surface area contributed by atoms with Crippen molar-refractivity contribution in [1.29, 1.82) is 0 Å². The van der Waals surface area contributed by atoms with Crippen LogP contribution in [0.5, 0.6) is 0 Å². The number of halogens is 1. The van der Waals surface area contributed by atoms with Crippen LogP contribution in [0.25, 0.3) is 0 Å². The first-order valence-corrected chi connectivity index (χ1v) is 6.67. The van der Waals surface area contributed by atoms with Gasteiger partial charge >= 0.3 is 0 Å². The van der Waals surface area contributed by atoms with Gasteiger partial charge in [0.1, 0.15) is 0 Å². The Morgan fingerprint density at radius 2 is 2.12 bits per heavy atom. The minimum Gasteiger partial charge on any atom is -0.326 e. The summed E-state index contributed by atoms with van der Waals surface area (Å²) < 4.78 is 1.01. The molecule has 1 heterocycles. The first kappa shape index (κ1) is 12.6. The Kier molecular flexibility index (Phi) is 3.84. The average Bonchev–Trinajstić information content (AvgIpc) is 2.33. The Labute approximate surface area is 110 Å². The van der Waals surface area contributed by atoms with E-state index in [1.165, 1.54) is 0 Å². The number of hydrogen-bond acceptors (Lipinski definition) is 2. The molecule has 1 aliphatic rings. The summed E-state index contributed by atoms with van der Waals surface area (Å²) in [4.78, 5) is 12.2. The van der Waals surface area contributed by atoms with Crippen molar-refractivity contribution in [2.75, 3.05) is 18.4 Å². The molecule has 1 atom stereocenters. The van der Waals surface area contributed by atoms with Gasteiger partial charge in [-0.2, -0.15) is 0 Å². The highest BCUT2D eigenvalue weighted by molar-refractivity contribution is 9.10. The second kappa shape index (κ2) is 5.19. The molecule has 1 saturated heterocycles. The fourth-order valence-corrected chi connectivity index (χ4v) is 2.33. The molecular weight excluding hydrogens is 280 g/mol. The van der Waals surface area contributed by atoms with Crippen LogP contribution < -0.4 is 10.6 Å². The summed E-state index contributed by atoms with van der Waals surface area (Å²) in [5, 5.41) is 6.26. The quantitative estimate of drug-likeness (QED) is 0.881. The molecule has 3 nitrogen and oxygen atoms in total. The average molecular weight is 297 g/mol. The molecule has 1 aliphatic heterocycles. The van der Waals surface area contributed by atoms with E-state index in [1.54, 1.807) is 0 Å². The minimum absolute atomic E-state index is 0.104. The summed E-state index contributed by atoms with van der Waals surface area (Å²) in [6, 6.07) is 7.66. The predicted octanol–water partition coefficient (Wildman–Crippen LogP) is 2.78. The van der Waals surface area contributed by atoms with Crippen LogP contribution in [0.2, 0.25) is 0 Å². The third kappa shape index (κ3) is 3.07. The molecule has 1 fully saturated rings. The molecule has 0 bridgehead atoms. The highest BCUT2D eigenvalue weighted by Crippen LogP contribution is 2.27. The standard InChI is InChI=1S/C13H17BrN2O/c1-13(7-2-8-15-9-13)12(17)16-11-5-3-10(14)4-6-11/h3-6,15H,2,7-9H2,1H3,(H,16,17). The molecule has 1 amide bonds. The van der Waals surface area contributed by atoms with E-state index < -0.39 is 0 Å². The van der Waals surface area contributed by atoms with E-state index in [4.69, 9.17) is 0 Å². The van der Waals surface area contributed by atoms with Gasteiger partial charge in [0.2, 0.25) is 5.91 Å². The normalized spacial score (nSPS) is 24.4. The Morgan fingerprint density at radius 3 is 2.71 bits per heavy atom. The SMILES string of the molecule is CC1(C(=O)Nc2ccc(Br)cc2)CCCNC1. The lowest BCUT2D eigenvalue weighted by Gasteiger charge is -2.32. The lowest BCUT2D eigenvalue weighted by molar-refractivity contribution is -0.125. The van der Waals surface area contributed by atoms with Crippen molar-refractivity contribution in [3.8, 4) is 0 Å². The molecule has 2 N–H and O–H groups in total. The summed E-state index contributed by atoms with van der Waals surface area (Å²) in [6.07, 6.45) is 2.01. The van der Waals surface area contributed by atoms with Gasteiger partial charge in [-0.25, -0.2) is 0 Å². The molecule has 0 spiro atoms. The van der Waals surface area contributed by atoms with Crippen LogP contribution in [0, 0.1) is 5.41 Å². The molecule has 1 unspecified atom stereocenters. The summed E-state index contributed by atoms with van der Waals surface area (Å²) in [7, 11) is 0. The maximum Gasteiger partial charge on any atom is 0.231 e. The number of hydrogen-bond donors (Lipinski definition) is 2. The number of amides is 1. The van der Waals surface area contributed by atoms with E-state index in [0.717, 1.165) is 36.1 Å². The van der Waals surface area contributed by atoms with Gasteiger partial charge in [0.15, 0.2) is 0 Å². The zero-order valence-corrected chi connectivity index (χ0v) is 11.5. The fraction of sp³-hybridized carbons (Fsp3) is 0.462. The van der Waals surface area contributed by atoms with Gasteiger partial charge in [0, 0.05) is 16.7 Å². The maximum atomic E-state index is 12.2. The lowest BCUT2D eigenvalue weighted by Crippen LogP contribution is -2.46. The minimum atomic E-state index is -0.286. The fourth-order valence-electron chi connectivity index (χ4n) is 2.07. The molecule has 1 aromatic carbocycles. The van der Waals surface area contributed by atoms with Crippen molar-refractivity contribution < 1.29 is 4.79 Å². The van der Waals surface area contributed by atoms with Gasteiger partial charge in [-0.1, -0.05) is 15.9 Å².